The fraction of sp³-hybridized carbons (Fsp3) is 0.500. The van der Waals surface area contributed by atoms with Crippen molar-refractivity contribution in [1.29, 1.82) is 0 Å². The van der Waals surface area contributed by atoms with Crippen molar-refractivity contribution in [2.75, 3.05) is 19.9 Å². The van der Waals surface area contributed by atoms with Crippen LogP contribution in [0.1, 0.15) is 25.3 Å². The molecule has 1 fully saturated rings. The van der Waals surface area contributed by atoms with Crippen molar-refractivity contribution in [1.82, 2.24) is 4.90 Å². The minimum Gasteiger partial charge on any atom is -0.481 e. The van der Waals surface area contributed by atoms with Crippen molar-refractivity contribution in [2.45, 2.75) is 26.2 Å². The van der Waals surface area contributed by atoms with Crippen molar-refractivity contribution in [3.8, 4) is 11.5 Å². The third-order valence-electron chi connectivity index (χ3n) is 4.36. The molecule has 1 aromatic rings. The summed E-state index contributed by atoms with van der Waals surface area (Å²) in [5, 5.41) is 9.32. The number of hydrogen-bond acceptors (Lipinski definition) is 4. The van der Waals surface area contributed by atoms with Crippen molar-refractivity contribution >= 4 is 11.9 Å². The highest BCUT2D eigenvalue weighted by molar-refractivity contribution is 5.81. The number of carbonyl (C=O) groups is 2. The summed E-state index contributed by atoms with van der Waals surface area (Å²) in [4.78, 5) is 25.5. The first kappa shape index (κ1) is 14.7. The molecule has 118 valence electrons. The fourth-order valence-corrected chi connectivity index (χ4v) is 2.96. The van der Waals surface area contributed by atoms with Crippen LogP contribution in [-0.4, -0.2) is 41.8 Å². The van der Waals surface area contributed by atoms with Gasteiger partial charge in [0.1, 0.15) is 0 Å². The van der Waals surface area contributed by atoms with Crippen molar-refractivity contribution in [2.24, 2.45) is 5.41 Å². The van der Waals surface area contributed by atoms with Gasteiger partial charge in [0.15, 0.2) is 11.5 Å². The zero-order valence-corrected chi connectivity index (χ0v) is 12.5. The lowest BCUT2D eigenvalue weighted by Gasteiger charge is -2.37. The van der Waals surface area contributed by atoms with E-state index in [1.807, 2.05) is 6.07 Å². The molecule has 2 heterocycles. The number of rotatable bonds is 3. The molecule has 2 aliphatic heterocycles. The maximum Gasteiger partial charge on any atom is 0.311 e. The van der Waals surface area contributed by atoms with Crippen LogP contribution >= 0.6 is 0 Å². The number of fused-ring (bicyclic) bond motifs is 1. The van der Waals surface area contributed by atoms with Crippen LogP contribution in [0.5, 0.6) is 11.5 Å². The predicted molar refractivity (Wildman–Crippen MR) is 77.8 cm³/mol. The lowest BCUT2D eigenvalue weighted by Crippen LogP contribution is -2.48. The highest BCUT2D eigenvalue weighted by Crippen LogP contribution is 2.33. The molecule has 6 heteroatoms. The summed E-state index contributed by atoms with van der Waals surface area (Å²) in [5.41, 5.74) is -0.000141. The number of piperidine rings is 1. The second-order valence-electron chi connectivity index (χ2n) is 6.15. The first-order chi connectivity index (χ1) is 10.5. The second kappa shape index (κ2) is 5.51. The molecular weight excluding hydrogens is 286 g/mol. The maximum absolute atomic E-state index is 12.4. The molecule has 1 atom stereocenters. The molecule has 1 unspecified atom stereocenters. The largest absolute Gasteiger partial charge is 0.481 e. The average Bonchev–Trinajstić information content (AvgIpc) is 2.94. The Balaban J connectivity index is 1.68. The zero-order chi connectivity index (χ0) is 15.7. The first-order valence-electron chi connectivity index (χ1n) is 7.38. The number of amides is 1. The summed E-state index contributed by atoms with van der Waals surface area (Å²) in [7, 11) is 0. The van der Waals surface area contributed by atoms with Gasteiger partial charge in [-0.25, -0.2) is 0 Å². The van der Waals surface area contributed by atoms with Crippen LogP contribution in [-0.2, 0) is 16.0 Å². The average molecular weight is 305 g/mol. The Morgan fingerprint density at radius 1 is 1.32 bits per heavy atom. The van der Waals surface area contributed by atoms with Crippen LogP contribution in [0.15, 0.2) is 18.2 Å². The molecule has 0 saturated carbocycles. The van der Waals surface area contributed by atoms with Crippen LogP contribution < -0.4 is 9.47 Å². The summed E-state index contributed by atoms with van der Waals surface area (Å²) in [6.45, 7) is 2.79. The topological polar surface area (TPSA) is 76.1 Å². The molecule has 22 heavy (non-hydrogen) atoms. The van der Waals surface area contributed by atoms with Gasteiger partial charge in [0.05, 0.1) is 11.8 Å². The number of hydrogen-bond donors (Lipinski definition) is 1. The Morgan fingerprint density at radius 2 is 2.09 bits per heavy atom. The van der Waals surface area contributed by atoms with Gasteiger partial charge in [0.25, 0.3) is 0 Å². The lowest BCUT2D eigenvalue weighted by atomic mass is 9.82. The molecular formula is C16H19NO5. The Labute approximate surface area is 128 Å². The highest BCUT2D eigenvalue weighted by atomic mass is 16.7. The molecule has 0 radical (unpaired) electrons. The van der Waals surface area contributed by atoms with Gasteiger partial charge in [-0.15, -0.1) is 0 Å². The lowest BCUT2D eigenvalue weighted by molar-refractivity contribution is -0.153. The number of carbonyl (C=O) groups excluding carboxylic acids is 1. The minimum atomic E-state index is -0.844. The van der Waals surface area contributed by atoms with Crippen molar-refractivity contribution < 1.29 is 24.2 Å². The van der Waals surface area contributed by atoms with Crippen LogP contribution in [0.25, 0.3) is 0 Å². The summed E-state index contributed by atoms with van der Waals surface area (Å²) < 4.78 is 10.6. The summed E-state index contributed by atoms with van der Waals surface area (Å²) >= 11 is 0. The third kappa shape index (κ3) is 2.73. The van der Waals surface area contributed by atoms with E-state index in [0.717, 1.165) is 12.0 Å². The van der Waals surface area contributed by atoms with Gasteiger partial charge < -0.3 is 19.5 Å². The van der Waals surface area contributed by atoms with E-state index >= 15 is 0 Å². The molecule has 1 amide bonds. The van der Waals surface area contributed by atoms with E-state index < -0.39 is 11.4 Å². The maximum atomic E-state index is 12.4. The second-order valence-corrected chi connectivity index (χ2v) is 6.15. The van der Waals surface area contributed by atoms with Gasteiger partial charge in [-0.05, 0) is 37.5 Å². The Kier molecular flexibility index (Phi) is 3.68. The third-order valence-corrected chi connectivity index (χ3v) is 4.36. The summed E-state index contributed by atoms with van der Waals surface area (Å²) in [6.07, 6.45) is 1.57. The van der Waals surface area contributed by atoms with E-state index in [-0.39, 0.29) is 25.7 Å². The molecule has 1 aromatic carbocycles. The van der Waals surface area contributed by atoms with E-state index in [0.29, 0.717) is 24.5 Å². The quantitative estimate of drug-likeness (QED) is 0.919. The van der Waals surface area contributed by atoms with E-state index in [1.165, 1.54) is 0 Å². The SMILES string of the molecule is CC1(C(=O)O)CCCN(C(=O)Cc2ccc3c(c2)OCO3)C1. The number of likely N-dealkylation sites (tertiary alicyclic amines) is 1. The fourth-order valence-electron chi connectivity index (χ4n) is 2.96. The molecule has 0 spiro atoms. The predicted octanol–water partition coefficient (Wildman–Crippen LogP) is 1.67. The normalized spacial score (nSPS) is 23.4. The first-order valence-corrected chi connectivity index (χ1v) is 7.38. The van der Waals surface area contributed by atoms with E-state index in [9.17, 15) is 14.7 Å². The van der Waals surface area contributed by atoms with Gasteiger partial charge in [-0.3, -0.25) is 9.59 Å². The van der Waals surface area contributed by atoms with E-state index in [4.69, 9.17) is 9.47 Å². The van der Waals surface area contributed by atoms with Crippen molar-refractivity contribution in [3.05, 3.63) is 23.8 Å². The van der Waals surface area contributed by atoms with E-state index in [1.54, 1.807) is 24.0 Å². The standard InChI is InChI=1S/C16H19NO5/c1-16(15(19)20)5-2-6-17(9-16)14(18)8-11-3-4-12-13(7-11)22-10-21-12/h3-4,7H,2,5-6,8-10H2,1H3,(H,19,20). The van der Waals surface area contributed by atoms with E-state index in [2.05, 4.69) is 0 Å². The molecule has 2 aliphatic rings. The molecule has 3 rings (SSSR count). The number of aliphatic carboxylic acids is 1. The Hall–Kier alpha value is -2.24. The van der Waals surface area contributed by atoms with Crippen LogP contribution in [0.4, 0.5) is 0 Å². The zero-order valence-electron chi connectivity index (χ0n) is 12.5. The number of benzene rings is 1. The smallest absolute Gasteiger partial charge is 0.311 e. The van der Waals surface area contributed by atoms with Gasteiger partial charge in [0, 0.05) is 13.1 Å². The molecule has 6 nitrogen and oxygen atoms in total. The van der Waals surface area contributed by atoms with Crippen LogP contribution in [0.3, 0.4) is 0 Å². The van der Waals surface area contributed by atoms with Gasteiger partial charge in [-0.2, -0.15) is 0 Å². The number of nitrogens with zero attached hydrogens (tertiary/aromatic N) is 1. The molecule has 0 aromatic heterocycles. The van der Waals surface area contributed by atoms with Crippen LogP contribution in [0, 0.1) is 5.41 Å². The highest BCUT2D eigenvalue weighted by Gasteiger charge is 2.39. The number of carboxylic acid groups (broad SMARTS) is 1. The number of carboxylic acids is 1. The molecule has 0 aliphatic carbocycles. The summed E-state index contributed by atoms with van der Waals surface area (Å²) in [5.74, 6) is 0.450. The van der Waals surface area contributed by atoms with Gasteiger partial charge in [0.2, 0.25) is 12.7 Å². The minimum absolute atomic E-state index is 0.0500. The molecule has 1 saturated heterocycles. The Morgan fingerprint density at radius 3 is 2.86 bits per heavy atom. The van der Waals surface area contributed by atoms with Crippen molar-refractivity contribution in [3.63, 3.8) is 0 Å². The van der Waals surface area contributed by atoms with Gasteiger partial charge in [-0.1, -0.05) is 6.07 Å². The summed E-state index contributed by atoms with van der Waals surface area (Å²) in [6, 6.07) is 5.44. The number of ether oxygens (including phenoxy) is 2. The monoisotopic (exact) mass is 305 g/mol. The molecule has 0 bridgehead atoms. The molecule has 1 N–H and O–H groups in total. The van der Waals surface area contributed by atoms with Crippen LogP contribution in [0.2, 0.25) is 0 Å². The Bertz CT molecular complexity index is 615. The van der Waals surface area contributed by atoms with Gasteiger partial charge >= 0.3 is 5.97 Å².